The standard InChI is InChI=1S/C11H8N2O2/c1-15-11(14)9-4-2-3-8-5-6-13(7-12)10(8)9/h2-6H,1H3. The second-order valence-electron chi connectivity index (χ2n) is 3.02. The molecule has 0 saturated heterocycles. The second kappa shape index (κ2) is 3.46. The van der Waals surface area contributed by atoms with Crippen molar-refractivity contribution in [1.29, 1.82) is 5.26 Å². The summed E-state index contributed by atoms with van der Waals surface area (Å²) in [6, 6.07) is 7.03. The predicted molar refractivity (Wildman–Crippen MR) is 54.3 cm³/mol. The zero-order chi connectivity index (χ0) is 10.8. The second-order valence-corrected chi connectivity index (χ2v) is 3.02. The first-order valence-corrected chi connectivity index (χ1v) is 4.36. The van der Waals surface area contributed by atoms with Gasteiger partial charge in [-0.05, 0) is 12.1 Å². The van der Waals surface area contributed by atoms with E-state index in [9.17, 15) is 4.79 Å². The molecule has 1 aromatic carbocycles. The summed E-state index contributed by atoms with van der Waals surface area (Å²) >= 11 is 0. The maximum Gasteiger partial charge on any atom is 0.340 e. The summed E-state index contributed by atoms with van der Waals surface area (Å²) in [5.74, 6) is -0.434. The van der Waals surface area contributed by atoms with Gasteiger partial charge in [-0.15, -0.1) is 0 Å². The van der Waals surface area contributed by atoms with Crippen LogP contribution in [0.2, 0.25) is 0 Å². The molecule has 4 heteroatoms. The number of aromatic nitrogens is 1. The van der Waals surface area contributed by atoms with Crippen molar-refractivity contribution < 1.29 is 9.53 Å². The largest absolute Gasteiger partial charge is 0.465 e. The number of esters is 1. The Hall–Kier alpha value is -2.28. The van der Waals surface area contributed by atoms with Crippen molar-refractivity contribution >= 4 is 16.9 Å². The minimum absolute atomic E-state index is 0.404. The van der Waals surface area contributed by atoms with Gasteiger partial charge in [0.1, 0.15) is 0 Å². The Morgan fingerprint density at radius 2 is 2.27 bits per heavy atom. The topological polar surface area (TPSA) is 55.0 Å². The molecule has 0 fully saturated rings. The van der Waals surface area contributed by atoms with Crippen molar-refractivity contribution in [3.8, 4) is 6.19 Å². The monoisotopic (exact) mass is 200 g/mol. The summed E-state index contributed by atoms with van der Waals surface area (Å²) < 4.78 is 6.00. The number of rotatable bonds is 1. The van der Waals surface area contributed by atoms with Gasteiger partial charge in [-0.25, -0.2) is 4.79 Å². The molecule has 0 radical (unpaired) electrons. The van der Waals surface area contributed by atoms with E-state index in [0.29, 0.717) is 11.1 Å². The molecule has 0 N–H and O–H groups in total. The first-order chi connectivity index (χ1) is 7.27. The lowest BCUT2D eigenvalue weighted by atomic mass is 10.1. The number of methoxy groups -OCH3 is 1. The van der Waals surface area contributed by atoms with Crippen molar-refractivity contribution in [1.82, 2.24) is 4.57 Å². The van der Waals surface area contributed by atoms with E-state index in [-0.39, 0.29) is 0 Å². The van der Waals surface area contributed by atoms with Gasteiger partial charge >= 0.3 is 5.97 Å². The van der Waals surface area contributed by atoms with Crippen molar-refractivity contribution in [3.63, 3.8) is 0 Å². The molecule has 0 unspecified atom stereocenters. The summed E-state index contributed by atoms with van der Waals surface area (Å²) in [5.41, 5.74) is 0.994. The lowest BCUT2D eigenvalue weighted by molar-refractivity contribution is 0.0602. The highest BCUT2D eigenvalue weighted by Crippen LogP contribution is 2.20. The average molecular weight is 200 g/mol. The van der Waals surface area contributed by atoms with Crippen LogP contribution in [0, 0.1) is 11.5 Å². The molecule has 0 aliphatic heterocycles. The molecule has 0 amide bonds. The van der Waals surface area contributed by atoms with E-state index in [1.54, 1.807) is 24.4 Å². The normalized spacial score (nSPS) is 9.87. The van der Waals surface area contributed by atoms with Gasteiger partial charge in [0.05, 0.1) is 18.2 Å². The lowest BCUT2D eigenvalue weighted by Gasteiger charge is -2.02. The van der Waals surface area contributed by atoms with Crippen LogP contribution in [0.4, 0.5) is 0 Å². The molecule has 74 valence electrons. The molecule has 0 saturated carbocycles. The first-order valence-electron chi connectivity index (χ1n) is 4.36. The van der Waals surface area contributed by atoms with E-state index < -0.39 is 5.97 Å². The maximum atomic E-state index is 11.4. The molecule has 0 aliphatic carbocycles. The Morgan fingerprint density at radius 3 is 2.93 bits per heavy atom. The molecular weight excluding hydrogens is 192 g/mol. The average Bonchev–Trinajstić information content (AvgIpc) is 2.70. The van der Waals surface area contributed by atoms with Crippen LogP contribution < -0.4 is 0 Å². The maximum absolute atomic E-state index is 11.4. The number of benzene rings is 1. The third kappa shape index (κ3) is 1.34. The highest BCUT2D eigenvalue weighted by Gasteiger charge is 2.13. The van der Waals surface area contributed by atoms with Crippen molar-refractivity contribution in [2.24, 2.45) is 0 Å². The van der Waals surface area contributed by atoms with Crippen LogP contribution in [0.1, 0.15) is 10.4 Å². The third-order valence-electron chi connectivity index (χ3n) is 2.22. The summed E-state index contributed by atoms with van der Waals surface area (Å²) in [6.45, 7) is 0. The SMILES string of the molecule is COC(=O)c1cccc2ccn(C#N)c12. The summed E-state index contributed by atoms with van der Waals surface area (Å²) in [6.07, 6.45) is 3.60. The van der Waals surface area contributed by atoms with Gasteiger partial charge < -0.3 is 4.74 Å². The fraction of sp³-hybridized carbons (Fsp3) is 0.0909. The van der Waals surface area contributed by atoms with E-state index in [4.69, 9.17) is 5.26 Å². The Kier molecular flexibility index (Phi) is 2.14. The predicted octanol–water partition coefficient (Wildman–Crippen LogP) is 1.76. The lowest BCUT2D eigenvalue weighted by Crippen LogP contribution is -2.03. The van der Waals surface area contributed by atoms with Gasteiger partial charge in [0.2, 0.25) is 0 Å². The van der Waals surface area contributed by atoms with Gasteiger partial charge in [-0.3, -0.25) is 4.57 Å². The van der Waals surface area contributed by atoms with Crippen LogP contribution in [0.15, 0.2) is 30.5 Å². The van der Waals surface area contributed by atoms with E-state index in [1.165, 1.54) is 11.7 Å². The highest BCUT2D eigenvalue weighted by molar-refractivity contribution is 6.03. The van der Waals surface area contributed by atoms with Crippen LogP contribution in [0.5, 0.6) is 0 Å². The van der Waals surface area contributed by atoms with E-state index in [0.717, 1.165) is 5.39 Å². The number of fused-ring (bicyclic) bond motifs is 1. The van der Waals surface area contributed by atoms with Crippen LogP contribution >= 0.6 is 0 Å². The summed E-state index contributed by atoms with van der Waals surface area (Å²) in [7, 11) is 1.32. The van der Waals surface area contributed by atoms with Crippen LogP contribution in [0.25, 0.3) is 10.9 Å². The minimum Gasteiger partial charge on any atom is -0.465 e. The molecule has 0 atom stereocenters. The number of para-hydroxylation sites is 1. The molecule has 2 rings (SSSR count). The molecule has 0 spiro atoms. The summed E-state index contributed by atoms with van der Waals surface area (Å²) in [4.78, 5) is 11.4. The number of hydrogen-bond donors (Lipinski definition) is 0. The van der Waals surface area contributed by atoms with Crippen LogP contribution in [-0.2, 0) is 4.74 Å². The summed E-state index contributed by atoms with van der Waals surface area (Å²) in [5, 5.41) is 9.71. The fourth-order valence-electron chi connectivity index (χ4n) is 1.55. The highest BCUT2D eigenvalue weighted by atomic mass is 16.5. The van der Waals surface area contributed by atoms with E-state index >= 15 is 0 Å². The molecule has 1 aromatic heterocycles. The smallest absolute Gasteiger partial charge is 0.340 e. The van der Waals surface area contributed by atoms with E-state index in [2.05, 4.69) is 4.74 Å². The molecule has 2 aromatic rings. The van der Waals surface area contributed by atoms with Gasteiger partial charge in [-0.1, -0.05) is 12.1 Å². The zero-order valence-corrected chi connectivity index (χ0v) is 8.10. The van der Waals surface area contributed by atoms with Gasteiger partial charge in [0.25, 0.3) is 0 Å². The molecule has 0 aliphatic rings. The number of carbonyl (C=O) groups excluding carboxylic acids is 1. The van der Waals surface area contributed by atoms with Gasteiger partial charge in [-0.2, -0.15) is 5.26 Å². The Labute approximate surface area is 86.3 Å². The number of carbonyl (C=O) groups is 1. The van der Waals surface area contributed by atoms with Gasteiger partial charge in [0.15, 0.2) is 6.19 Å². The number of hydrogen-bond acceptors (Lipinski definition) is 3. The number of nitrogens with zero attached hydrogens (tertiary/aromatic N) is 2. The Morgan fingerprint density at radius 1 is 1.47 bits per heavy atom. The Balaban J connectivity index is 2.79. The zero-order valence-electron chi connectivity index (χ0n) is 8.10. The molecule has 15 heavy (non-hydrogen) atoms. The van der Waals surface area contributed by atoms with Crippen molar-refractivity contribution in [2.75, 3.05) is 7.11 Å². The molecule has 4 nitrogen and oxygen atoms in total. The van der Waals surface area contributed by atoms with E-state index in [1.807, 2.05) is 12.3 Å². The van der Waals surface area contributed by atoms with Crippen LogP contribution in [-0.4, -0.2) is 17.6 Å². The van der Waals surface area contributed by atoms with Gasteiger partial charge in [0, 0.05) is 11.6 Å². The number of ether oxygens (including phenoxy) is 1. The molecule has 0 bridgehead atoms. The molecule has 1 heterocycles. The number of nitriles is 1. The van der Waals surface area contributed by atoms with Crippen molar-refractivity contribution in [3.05, 3.63) is 36.0 Å². The first kappa shape index (κ1) is 9.28. The van der Waals surface area contributed by atoms with Crippen LogP contribution in [0.3, 0.4) is 0 Å². The quantitative estimate of drug-likeness (QED) is 0.659. The fourth-order valence-corrected chi connectivity index (χ4v) is 1.55. The van der Waals surface area contributed by atoms with Crippen molar-refractivity contribution in [2.45, 2.75) is 0 Å². The minimum atomic E-state index is -0.434. The third-order valence-corrected chi connectivity index (χ3v) is 2.22. The Bertz CT molecular complexity index is 563. The molecular formula is C11H8N2O2.